The van der Waals surface area contributed by atoms with Crippen molar-refractivity contribution in [3.8, 4) is 17.0 Å². The van der Waals surface area contributed by atoms with Gasteiger partial charge in [-0.15, -0.1) is 0 Å². The van der Waals surface area contributed by atoms with Gasteiger partial charge in [0, 0.05) is 30.1 Å². The summed E-state index contributed by atoms with van der Waals surface area (Å²) in [6.45, 7) is 0.485. The zero-order valence-electron chi connectivity index (χ0n) is 10.7. The number of hydrogen-bond donors (Lipinski definition) is 1. The predicted octanol–water partition coefficient (Wildman–Crippen LogP) is 2.47. The van der Waals surface area contributed by atoms with Gasteiger partial charge in [-0.25, -0.2) is 4.98 Å². The second kappa shape index (κ2) is 4.74. The third-order valence-corrected chi connectivity index (χ3v) is 3.15. The first kappa shape index (κ1) is 11.7. The molecule has 2 heterocycles. The van der Waals surface area contributed by atoms with E-state index in [9.17, 15) is 0 Å². The number of pyridine rings is 1. The number of rotatable bonds is 3. The summed E-state index contributed by atoms with van der Waals surface area (Å²) in [6, 6.07) is 11.9. The standard InChI is InChI=1S/C15H15N3O/c1-19-13-6-2-4-11(8-13)14-10-18-7-3-5-12(9-16)15(18)17-14/h2-8,10H,9,16H2,1H3. The highest BCUT2D eigenvalue weighted by atomic mass is 16.5. The minimum Gasteiger partial charge on any atom is -0.497 e. The molecule has 96 valence electrons. The average Bonchev–Trinajstić information content (AvgIpc) is 2.91. The monoisotopic (exact) mass is 253 g/mol. The van der Waals surface area contributed by atoms with Gasteiger partial charge in [0.05, 0.1) is 12.8 Å². The smallest absolute Gasteiger partial charge is 0.141 e. The van der Waals surface area contributed by atoms with Crippen molar-refractivity contribution < 1.29 is 4.74 Å². The molecule has 0 aliphatic heterocycles. The van der Waals surface area contributed by atoms with E-state index in [4.69, 9.17) is 10.5 Å². The van der Waals surface area contributed by atoms with Crippen LogP contribution in [0.5, 0.6) is 5.75 Å². The highest BCUT2D eigenvalue weighted by Gasteiger charge is 2.07. The summed E-state index contributed by atoms with van der Waals surface area (Å²) in [5.41, 5.74) is 9.63. The molecule has 2 N–H and O–H groups in total. The molecule has 0 amide bonds. The Balaban J connectivity index is 2.15. The van der Waals surface area contributed by atoms with Crippen LogP contribution in [-0.4, -0.2) is 16.5 Å². The molecule has 1 aromatic carbocycles. The lowest BCUT2D eigenvalue weighted by Gasteiger charge is -2.01. The topological polar surface area (TPSA) is 52.5 Å². The molecule has 0 spiro atoms. The Bertz CT molecular complexity index is 718. The average molecular weight is 253 g/mol. The number of methoxy groups -OCH3 is 1. The summed E-state index contributed by atoms with van der Waals surface area (Å²) >= 11 is 0. The van der Waals surface area contributed by atoms with Gasteiger partial charge in [-0.05, 0) is 18.2 Å². The van der Waals surface area contributed by atoms with Gasteiger partial charge in [0.1, 0.15) is 11.4 Å². The number of hydrogen-bond acceptors (Lipinski definition) is 3. The molecule has 3 rings (SSSR count). The van der Waals surface area contributed by atoms with Crippen molar-refractivity contribution in [3.63, 3.8) is 0 Å². The van der Waals surface area contributed by atoms with E-state index in [0.29, 0.717) is 6.54 Å². The maximum atomic E-state index is 5.74. The van der Waals surface area contributed by atoms with E-state index in [1.54, 1.807) is 7.11 Å². The molecule has 0 aliphatic carbocycles. The molecule has 19 heavy (non-hydrogen) atoms. The van der Waals surface area contributed by atoms with Gasteiger partial charge < -0.3 is 14.9 Å². The zero-order valence-corrected chi connectivity index (χ0v) is 10.7. The number of fused-ring (bicyclic) bond motifs is 1. The molecular weight excluding hydrogens is 238 g/mol. The van der Waals surface area contributed by atoms with Crippen LogP contribution in [0.2, 0.25) is 0 Å². The normalized spacial score (nSPS) is 10.8. The third-order valence-electron chi connectivity index (χ3n) is 3.15. The molecule has 0 unspecified atom stereocenters. The highest BCUT2D eigenvalue weighted by molar-refractivity contribution is 5.65. The van der Waals surface area contributed by atoms with Crippen LogP contribution in [0.3, 0.4) is 0 Å². The van der Waals surface area contributed by atoms with E-state index in [-0.39, 0.29) is 0 Å². The minimum atomic E-state index is 0.485. The Morgan fingerprint density at radius 1 is 1.26 bits per heavy atom. The molecule has 2 aromatic heterocycles. The van der Waals surface area contributed by atoms with Gasteiger partial charge in [-0.3, -0.25) is 0 Å². The Labute approximate surface area is 111 Å². The largest absolute Gasteiger partial charge is 0.497 e. The molecule has 0 radical (unpaired) electrons. The van der Waals surface area contributed by atoms with Gasteiger partial charge >= 0.3 is 0 Å². The SMILES string of the molecule is COc1cccc(-c2cn3cccc(CN)c3n2)c1. The molecule has 4 heteroatoms. The number of imidazole rings is 1. The molecule has 0 atom stereocenters. The summed E-state index contributed by atoms with van der Waals surface area (Å²) in [6.07, 6.45) is 3.98. The molecule has 4 nitrogen and oxygen atoms in total. The Kier molecular flexibility index (Phi) is 2.93. The van der Waals surface area contributed by atoms with Gasteiger partial charge in [-0.2, -0.15) is 0 Å². The highest BCUT2D eigenvalue weighted by Crippen LogP contribution is 2.24. The van der Waals surface area contributed by atoms with Crippen LogP contribution in [0.4, 0.5) is 0 Å². The van der Waals surface area contributed by atoms with Crippen molar-refractivity contribution in [2.75, 3.05) is 7.11 Å². The molecule has 0 saturated carbocycles. The van der Waals surface area contributed by atoms with Crippen LogP contribution in [-0.2, 0) is 6.54 Å². The Morgan fingerprint density at radius 2 is 2.16 bits per heavy atom. The lowest BCUT2D eigenvalue weighted by atomic mass is 10.1. The number of nitrogens with two attached hydrogens (primary N) is 1. The fraction of sp³-hybridized carbons (Fsp3) is 0.133. The zero-order chi connectivity index (χ0) is 13.2. The molecular formula is C15H15N3O. The van der Waals surface area contributed by atoms with E-state index in [2.05, 4.69) is 4.98 Å². The molecule has 3 aromatic rings. The van der Waals surface area contributed by atoms with Crippen LogP contribution in [0.1, 0.15) is 5.56 Å². The van der Waals surface area contributed by atoms with Crippen molar-refractivity contribution in [2.45, 2.75) is 6.54 Å². The fourth-order valence-corrected chi connectivity index (χ4v) is 2.15. The van der Waals surface area contributed by atoms with E-state index < -0.39 is 0 Å². The van der Waals surface area contributed by atoms with E-state index in [1.807, 2.05) is 53.2 Å². The van der Waals surface area contributed by atoms with E-state index in [0.717, 1.165) is 28.2 Å². The van der Waals surface area contributed by atoms with Crippen molar-refractivity contribution in [2.24, 2.45) is 5.73 Å². The summed E-state index contributed by atoms with van der Waals surface area (Å²) in [7, 11) is 1.66. The summed E-state index contributed by atoms with van der Waals surface area (Å²) in [5.74, 6) is 0.827. The van der Waals surface area contributed by atoms with Crippen LogP contribution < -0.4 is 10.5 Å². The summed E-state index contributed by atoms with van der Waals surface area (Å²) in [4.78, 5) is 4.66. The third kappa shape index (κ3) is 2.06. The number of benzene rings is 1. The molecule has 0 fully saturated rings. The van der Waals surface area contributed by atoms with Gasteiger partial charge in [0.2, 0.25) is 0 Å². The molecule has 0 bridgehead atoms. The first-order valence-corrected chi connectivity index (χ1v) is 6.13. The molecule has 0 aliphatic rings. The fourth-order valence-electron chi connectivity index (χ4n) is 2.15. The lowest BCUT2D eigenvalue weighted by molar-refractivity contribution is 0.415. The van der Waals surface area contributed by atoms with Crippen molar-refractivity contribution in [1.82, 2.24) is 9.38 Å². The van der Waals surface area contributed by atoms with E-state index >= 15 is 0 Å². The van der Waals surface area contributed by atoms with Crippen LogP contribution in [0.15, 0.2) is 48.8 Å². The second-order valence-corrected chi connectivity index (χ2v) is 4.33. The summed E-state index contributed by atoms with van der Waals surface area (Å²) in [5, 5.41) is 0. The molecule has 0 saturated heterocycles. The lowest BCUT2D eigenvalue weighted by Crippen LogP contribution is -1.99. The minimum absolute atomic E-state index is 0.485. The van der Waals surface area contributed by atoms with Crippen LogP contribution in [0.25, 0.3) is 16.9 Å². The Morgan fingerprint density at radius 3 is 2.95 bits per heavy atom. The van der Waals surface area contributed by atoms with Gasteiger partial charge in [0.25, 0.3) is 0 Å². The van der Waals surface area contributed by atoms with E-state index in [1.165, 1.54) is 0 Å². The number of nitrogens with zero attached hydrogens (tertiary/aromatic N) is 2. The maximum absolute atomic E-state index is 5.74. The van der Waals surface area contributed by atoms with Crippen molar-refractivity contribution in [1.29, 1.82) is 0 Å². The van der Waals surface area contributed by atoms with Crippen LogP contribution in [0, 0.1) is 0 Å². The quantitative estimate of drug-likeness (QED) is 0.780. The number of ether oxygens (including phenoxy) is 1. The number of aromatic nitrogens is 2. The van der Waals surface area contributed by atoms with Gasteiger partial charge in [0.15, 0.2) is 0 Å². The first-order chi connectivity index (χ1) is 9.31. The Hall–Kier alpha value is -2.33. The van der Waals surface area contributed by atoms with Crippen molar-refractivity contribution in [3.05, 3.63) is 54.4 Å². The van der Waals surface area contributed by atoms with Gasteiger partial charge in [-0.1, -0.05) is 18.2 Å². The summed E-state index contributed by atoms with van der Waals surface area (Å²) < 4.78 is 7.24. The predicted molar refractivity (Wildman–Crippen MR) is 75.1 cm³/mol. The van der Waals surface area contributed by atoms with Crippen molar-refractivity contribution >= 4 is 5.65 Å². The van der Waals surface area contributed by atoms with Crippen LogP contribution >= 0.6 is 0 Å². The first-order valence-electron chi connectivity index (χ1n) is 6.13. The maximum Gasteiger partial charge on any atom is 0.141 e. The second-order valence-electron chi connectivity index (χ2n) is 4.33.